The number of nitrogens with one attached hydrogen (secondary N) is 1. The van der Waals surface area contributed by atoms with E-state index in [2.05, 4.69) is 5.32 Å². The summed E-state index contributed by atoms with van der Waals surface area (Å²) in [6, 6.07) is 24.2. The molecule has 1 saturated carbocycles. The maximum Gasteiger partial charge on any atom is 0.319 e. The van der Waals surface area contributed by atoms with E-state index in [0.29, 0.717) is 17.1 Å². The SMILES string of the molecule is O=C(O[C@@H](C(=O)NC1CC1)c1ccccc1)C1c2ccccc2Oc2ccccc21. The molecule has 1 N–H and O–H groups in total. The summed E-state index contributed by atoms with van der Waals surface area (Å²) in [5.41, 5.74) is 2.11. The van der Waals surface area contributed by atoms with Crippen LogP contribution >= 0.6 is 0 Å². The molecule has 1 atom stereocenters. The lowest BCUT2D eigenvalue weighted by molar-refractivity contribution is -0.157. The highest BCUT2D eigenvalue weighted by molar-refractivity contribution is 5.90. The van der Waals surface area contributed by atoms with Crippen molar-refractivity contribution in [1.29, 1.82) is 0 Å². The second kappa shape index (κ2) is 7.67. The van der Waals surface area contributed by atoms with Gasteiger partial charge in [0.1, 0.15) is 17.4 Å². The van der Waals surface area contributed by atoms with Gasteiger partial charge >= 0.3 is 5.97 Å². The Kier molecular flexibility index (Phi) is 4.71. The zero-order chi connectivity index (χ0) is 20.5. The first-order valence-electron chi connectivity index (χ1n) is 10.1. The van der Waals surface area contributed by atoms with Crippen LogP contribution in [0.25, 0.3) is 0 Å². The van der Waals surface area contributed by atoms with Gasteiger partial charge in [-0.05, 0) is 25.0 Å². The Hall–Kier alpha value is -3.60. The van der Waals surface area contributed by atoms with Crippen LogP contribution in [0.4, 0.5) is 0 Å². The molecule has 5 heteroatoms. The van der Waals surface area contributed by atoms with Crippen LogP contribution in [0, 0.1) is 0 Å². The molecule has 0 bridgehead atoms. The van der Waals surface area contributed by atoms with E-state index in [1.165, 1.54) is 0 Å². The first-order chi connectivity index (χ1) is 14.7. The predicted octanol–water partition coefficient (Wildman–Crippen LogP) is 4.49. The van der Waals surface area contributed by atoms with Crippen molar-refractivity contribution in [2.45, 2.75) is 30.9 Å². The molecule has 3 aromatic carbocycles. The number of para-hydroxylation sites is 2. The predicted molar refractivity (Wildman–Crippen MR) is 111 cm³/mol. The van der Waals surface area contributed by atoms with Crippen LogP contribution in [-0.2, 0) is 14.3 Å². The monoisotopic (exact) mass is 399 g/mol. The highest BCUT2D eigenvalue weighted by Crippen LogP contribution is 2.45. The molecule has 0 unspecified atom stereocenters. The van der Waals surface area contributed by atoms with Crippen molar-refractivity contribution in [2.75, 3.05) is 0 Å². The molecule has 0 spiro atoms. The molecule has 3 aromatic rings. The van der Waals surface area contributed by atoms with Crippen molar-refractivity contribution < 1.29 is 19.1 Å². The Morgan fingerprint density at radius 2 is 1.40 bits per heavy atom. The van der Waals surface area contributed by atoms with Gasteiger partial charge in [0.25, 0.3) is 5.91 Å². The Morgan fingerprint density at radius 3 is 2.00 bits per heavy atom. The van der Waals surface area contributed by atoms with Crippen molar-refractivity contribution in [3.05, 3.63) is 95.6 Å². The molecule has 5 rings (SSSR count). The number of esters is 1. The Morgan fingerprint density at radius 1 is 0.833 bits per heavy atom. The number of benzene rings is 3. The molecule has 1 aliphatic carbocycles. The number of fused-ring (bicyclic) bond motifs is 2. The number of hydrogen-bond donors (Lipinski definition) is 1. The lowest BCUT2D eigenvalue weighted by Gasteiger charge is -2.28. The zero-order valence-electron chi connectivity index (χ0n) is 16.3. The molecular formula is C25H21NO4. The number of rotatable bonds is 5. The Labute approximate surface area is 174 Å². The molecular weight excluding hydrogens is 378 g/mol. The second-order valence-corrected chi connectivity index (χ2v) is 7.62. The van der Waals surface area contributed by atoms with Gasteiger partial charge in [-0.15, -0.1) is 0 Å². The van der Waals surface area contributed by atoms with E-state index in [1.807, 2.05) is 66.7 Å². The van der Waals surface area contributed by atoms with E-state index in [1.54, 1.807) is 12.1 Å². The van der Waals surface area contributed by atoms with Gasteiger partial charge in [-0.1, -0.05) is 66.7 Å². The quantitative estimate of drug-likeness (QED) is 0.642. The average molecular weight is 399 g/mol. The minimum atomic E-state index is -0.999. The molecule has 150 valence electrons. The fourth-order valence-electron chi connectivity index (χ4n) is 3.75. The van der Waals surface area contributed by atoms with Crippen molar-refractivity contribution in [1.82, 2.24) is 5.32 Å². The number of carbonyl (C=O) groups is 2. The van der Waals surface area contributed by atoms with Crippen molar-refractivity contribution in [2.24, 2.45) is 0 Å². The summed E-state index contributed by atoms with van der Waals surface area (Å²) in [6.45, 7) is 0. The molecule has 5 nitrogen and oxygen atoms in total. The van der Waals surface area contributed by atoms with Gasteiger partial charge in [-0.3, -0.25) is 9.59 Å². The van der Waals surface area contributed by atoms with E-state index in [4.69, 9.17) is 9.47 Å². The standard InChI is InChI=1S/C25H21NO4/c27-24(26-17-14-15-17)23(16-8-2-1-3-9-16)30-25(28)22-18-10-4-6-12-20(18)29-21-13-7-5-11-19(21)22/h1-13,17,22-23H,14-15H2,(H,26,27)/t23-/m1/s1. The minimum Gasteiger partial charge on any atom is -0.457 e. The van der Waals surface area contributed by atoms with Crippen LogP contribution in [0.2, 0.25) is 0 Å². The summed E-state index contributed by atoms with van der Waals surface area (Å²) in [4.78, 5) is 26.3. The molecule has 1 aliphatic heterocycles. The smallest absolute Gasteiger partial charge is 0.319 e. The van der Waals surface area contributed by atoms with Crippen LogP contribution in [-0.4, -0.2) is 17.9 Å². The highest BCUT2D eigenvalue weighted by Gasteiger charge is 2.37. The highest BCUT2D eigenvalue weighted by atomic mass is 16.5. The first kappa shape index (κ1) is 18.4. The van der Waals surface area contributed by atoms with Crippen LogP contribution in [0.15, 0.2) is 78.9 Å². The third kappa shape index (κ3) is 3.54. The maximum atomic E-state index is 13.5. The van der Waals surface area contributed by atoms with Crippen molar-refractivity contribution >= 4 is 11.9 Å². The Balaban J connectivity index is 1.49. The molecule has 30 heavy (non-hydrogen) atoms. The number of carbonyl (C=O) groups excluding carboxylic acids is 2. The topological polar surface area (TPSA) is 64.6 Å². The van der Waals surface area contributed by atoms with Gasteiger partial charge in [-0.2, -0.15) is 0 Å². The van der Waals surface area contributed by atoms with E-state index >= 15 is 0 Å². The number of ether oxygens (including phenoxy) is 2. The minimum absolute atomic E-state index is 0.173. The largest absolute Gasteiger partial charge is 0.457 e. The van der Waals surface area contributed by atoms with Gasteiger partial charge in [0.15, 0.2) is 0 Å². The summed E-state index contributed by atoms with van der Waals surface area (Å²) in [5, 5.41) is 2.96. The van der Waals surface area contributed by atoms with Crippen LogP contribution in [0.5, 0.6) is 11.5 Å². The van der Waals surface area contributed by atoms with Crippen LogP contribution in [0.3, 0.4) is 0 Å². The molecule has 0 saturated heterocycles. The normalized spacial score (nSPS) is 15.9. The fraction of sp³-hybridized carbons (Fsp3) is 0.200. The molecule has 0 radical (unpaired) electrons. The molecule has 1 amide bonds. The summed E-state index contributed by atoms with van der Waals surface area (Å²) in [6.07, 6.45) is 0.922. The second-order valence-electron chi connectivity index (χ2n) is 7.62. The average Bonchev–Trinajstić information content (AvgIpc) is 3.60. The van der Waals surface area contributed by atoms with Crippen LogP contribution < -0.4 is 10.1 Å². The van der Waals surface area contributed by atoms with E-state index in [-0.39, 0.29) is 11.9 Å². The summed E-state index contributed by atoms with van der Waals surface area (Å²) >= 11 is 0. The number of amides is 1. The van der Waals surface area contributed by atoms with E-state index in [9.17, 15) is 9.59 Å². The third-order valence-electron chi connectivity index (χ3n) is 5.41. The summed E-state index contributed by atoms with van der Waals surface area (Å²) in [5.74, 6) is -0.177. The lowest BCUT2D eigenvalue weighted by Crippen LogP contribution is -2.35. The van der Waals surface area contributed by atoms with Gasteiger partial charge < -0.3 is 14.8 Å². The van der Waals surface area contributed by atoms with Gasteiger partial charge in [-0.25, -0.2) is 0 Å². The molecule has 1 fully saturated rings. The molecule has 2 aliphatic rings. The van der Waals surface area contributed by atoms with E-state index < -0.39 is 18.0 Å². The fourth-order valence-corrected chi connectivity index (χ4v) is 3.75. The van der Waals surface area contributed by atoms with Gasteiger partial charge in [0.05, 0.1) is 0 Å². The third-order valence-corrected chi connectivity index (χ3v) is 5.41. The number of hydrogen-bond acceptors (Lipinski definition) is 4. The molecule has 0 aromatic heterocycles. The van der Waals surface area contributed by atoms with Crippen molar-refractivity contribution in [3.8, 4) is 11.5 Å². The van der Waals surface area contributed by atoms with Crippen LogP contribution in [0.1, 0.15) is 41.6 Å². The first-order valence-corrected chi connectivity index (χ1v) is 10.1. The van der Waals surface area contributed by atoms with E-state index in [0.717, 1.165) is 24.0 Å². The summed E-state index contributed by atoms with van der Waals surface area (Å²) in [7, 11) is 0. The molecule has 1 heterocycles. The van der Waals surface area contributed by atoms with Gasteiger partial charge in [0.2, 0.25) is 6.10 Å². The maximum absolute atomic E-state index is 13.5. The van der Waals surface area contributed by atoms with Crippen molar-refractivity contribution in [3.63, 3.8) is 0 Å². The summed E-state index contributed by atoms with van der Waals surface area (Å²) < 4.78 is 11.8. The van der Waals surface area contributed by atoms with Gasteiger partial charge in [0, 0.05) is 22.7 Å². The Bertz CT molecular complexity index is 1050. The zero-order valence-corrected chi connectivity index (χ0v) is 16.3. The lowest BCUT2D eigenvalue weighted by atomic mass is 9.88.